The Hall–Kier alpha value is -1.20. The van der Waals surface area contributed by atoms with Gasteiger partial charge in [-0.3, -0.25) is 0 Å². The van der Waals surface area contributed by atoms with Gasteiger partial charge in [-0.2, -0.15) is 0 Å². The lowest BCUT2D eigenvalue weighted by molar-refractivity contribution is 0.115. The van der Waals surface area contributed by atoms with Crippen LogP contribution in [0.5, 0.6) is 0 Å². The van der Waals surface area contributed by atoms with Gasteiger partial charge >= 0.3 is 0 Å². The van der Waals surface area contributed by atoms with E-state index in [1.54, 1.807) is 0 Å². The first-order chi connectivity index (χ1) is 10.2. The highest BCUT2D eigenvalue weighted by Crippen LogP contribution is 2.16. The average molecular weight is 292 g/mol. The van der Waals surface area contributed by atoms with E-state index in [4.69, 9.17) is 4.74 Å². The van der Waals surface area contributed by atoms with Crippen molar-refractivity contribution in [3.8, 4) is 0 Å². The highest BCUT2D eigenvalue weighted by Gasteiger charge is 2.19. The largest absolute Gasteiger partial charge is 0.376 e. The Kier molecular flexibility index (Phi) is 6.39. The number of nitrogens with zero attached hydrogens (tertiary/aromatic N) is 3. The number of rotatable bonds is 8. The number of hydrogen-bond acceptors (Lipinski definition) is 5. The molecule has 21 heavy (non-hydrogen) atoms. The lowest BCUT2D eigenvalue weighted by Crippen LogP contribution is -2.33. The maximum absolute atomic E-state index is 5.70. The molecule has 5 heteroatoms. The highest BCUT2D eigenvalue weighted by molar-refractivity contribution is 5.29. The third kappa shape index (κ3) is 5.25. The molecule has 1 N–H and O–H groups in total. The van der Waals surface area contributed by atoms with Crippen molar-refractivity contribution in [2.75, 3.05) is 31.1 Å². The Labute approximate surface area is 128 Å². The molecule has 0 bridgehead atoms. The van der Waals surface area contributed by atoms with Crippen LogP contribution in [0.2, 0.25) is 0 Å². The van der Waals surface area contributed by atoms with E-state index in [1.807, 2.05) is 12.4 Å². The maximum atomic E-state index is 5.70. The molecule has 0 saturated carbocycles. The Morgan fingerprint density at radius 1 is 1.38 bits per heavy atom. The van der Waals surface area contributed by atoms with Crippen molar-refractivity contribution in [2.45, 2.75) is 46.3 Å². The van der Waals surface area contributed by atoms with Crippen molar-refractivity contribution in [3.63, 3.8) is 0 Å². The van der Waals surface area contributed by atoms with Crippen molar-refractivity contribution in [2.24, 2.45) is 5.92 Å². The van der Waals surface area contributed by atoms with Crippen molar-refractivity contribution in [1.82, 2.24) is 15.3 Å². The third-order valence-corrected chi connectivity index (χ3v) is 3.69. The van der Waals surface area contributed by atoms with Gasteiger partial charge in [0.1, 0.15) is 0 Å². The summed E-state index contributed by atoms with van der Waals surface area (Å²) in [6.07, 6.45) is 6.50. The standard InChI is InChI=1S/C16H28N4O/c1-4-20(12-15-6-5-7-21-15)16-18-10-14(11-19-16)9-17-8-13(2)3/h10-11,13,15,17H,4-9,12H2,1-3H3. The molecule has 0 spiro atoms. The van der Waals surface area contributed by atoms with E-state index >= 15 is 0 Å². The van der Waals surface area contributed by atoms with Crippen LogP contribution in [-0.2, 0) is 11.3 Å². The highest BCUT2D eigenvalue weighted by atomic mass is 16.5. The number of ether oxygens (including phenoxy) is 1. The second-order valence-corrected chi connectivity index (χ2v) is 6.09. The first-order valence-electron chi connectivity index (χ1n) is 8.07. The predicted octanol–water partition coefficient (Wildman–Crippen LogP) is 2.23. The van der Waals surface area contributed by atoms with Crippen LogP contribution in [0, 0.1) is 5.92 Å². The molecule has 1 aromatic heterocycles. The van der Waals surface area contributed by atoms with E-state index in [9.17, 15) is 0 Å². The van der Waals surface area contributed by atoms with Crippen molar-refractivity contribution in [3.05, 3.63) is 18.0 Å². The van der Waals surface area contributed by atoms with Crippen molar-refractivity contribution in [1.29, 1.82) is 0 Å². The summed E-state index contributed by atoms with van der Waals surface area (Å²) in [6.45, 7) is 11.1. The maximum Gasteiger partial charge on any atom is 0.225 e. The fourth-order valence-electron chi connectivity index (χ4n) is 2.49. The van der Waals surface area contributed by atoms with Gasteiger partial charge < -0.3 is 15.0 Å². The molecule has 0 radical (unpaired) electrons. The van der Waals surface area contributed by atoms with E-state index in [0.29, 0.717) is 12.0 Å². The zero-order valence-electron chi connectivity index (χ0n) is 13.5. The molecule has 0 amide bonds. The van der Waals surface area contributed by atoms with E-state index in [0.717, 1.165) is 50.7 Å². The molecule has 1 unspecified atom stereocenters. The third-order valence-electron chi connectivity index (χ3n) is 3.69. The van der Waals surface area contributed by atoms with E-state index in [1.165, 1.54) is 6.42 Å². The lowest BCUT2D eigenvalue weighted by Gasteiger charge is -2.23. The molecule has 0 aliphatic carbocycles. The molecule has 5 nitrogen and oxygen atoms in total. The van der Waals surface area contributed by atoms with Crippen LogP contribution >= 0.6 is 0 Å². The van der Waals surface area contributed by atoms with E-state index in [-0.39, 0.29) is 0 Å². The molecule has 1 aliphatic rings. The summed E-state index contributed by atoms with van der Waals surface area (Å²) in [5.74, 6) is 1.47. The van der Waals surface area contributed by atoms with Crippen LogP contribution in [0.25, 0.3) is 0 Å². The minimum Gasteiger partial charge on any atom is -0.376 e. The summed E-state index contributed by atoms with van der Waals surface area (Å²) in [6, 6.07) is 0. The topological polar surface area (TPSA) is 50.3 Å². The van der Waals surface area contributed by atoms with Gasteiger partial charge in [0.2, 0.25) is 5.95 Å². The predicted molar refractivity (Wildman–Crippen MR) is 85.4 cm³/mol. The zero-order valence-corrected chi connectivity index (χ0v) is 13.5. The van der Waals surface area contributed by atoms with Crippen LogP contribution in [0.3, 0.4) is 0 Å². The van der Waals surface area contributed by atoms with Gasteiger partial charge in [0, 0.05) is 44.2 Å². The van der Waals surface area contributed by atoms with Gasteiger partial charge in [-0.25, -0.2) is 9.97 Å². The Bertz CT molecular complexity index is 401. The molecule has 1 atom stereocenters. The monoisotopic (exact) mass is 292 g/mol. The molecule has 1 fully saturated rings. The Morgan fingerprint density at radius 2 is 2.14 bits per heavy atom. The van der Waals surface area contributed by atoms with Crippen LogP contribution in [0.1, 0.15) is 39.2 Å². The molecule has 0 aromatic carbocycles. The molecule has 118 valence electrons. The fourth-order valence-corrected chi connectivity index (χ4v) is 2.49. The van der Waals surface area contributed by atoms with E-state index < -0.39 is 0 Å². The molecule has 1 saturated heterocycles. The number of aromatic nitrogens is 2. The second-order valence-electron chi connectivity index (χ2n) is 6.09. The van der Waals surface area contributed by atoms with E-state index in [2.05, 4.69) is 41.0 Å². The lowest BCUT2D eigenvalue weighted by atomic mass is 10.2. The molecular weight excluding hydrogens is 264 g/mol. The van der Waals surface area contributed by atoms with Gasteiger partial charge in [0.25, 0.3) is 0 Å². The van der Waals surface area contributed by atoms with Gasteiger partial charge in [-0.1, -0.05) is 13.8 Å². The molecule has 1 aliphatic heterocycles. The molecule has 1 aromatic rings. The van der Waals surface area contributed by atoms with Crippen LogP contribution in [0.4, 0.5) is 5.95 Å². The minimum absolute atomic E-state index is 0.334. The summed E-state index contributed by atoms with van der Waals surface area (Å²) in [4.78, 5) is 11.2. The molecule has 2 rings (SSSR count). The molecular formula is C16H28N4O. The van der Waals surface area contributed by atoms with Gasteiger partial charge in [-0.05, 0) is 32.2 Å². The van der Waals surface area contributed by atoms with Gasteiger partial charge in [0.15, 0.2) is 0 Å². The quantitative estimate of drug-likeness (QED) is 0.796. The zero-order chi connectivity index (χ0) is 15.1. The van der Waals surface area contributed by atoms with Crippen LogP contribution < -0.4 is 10.2 Å². The summed E-state index contributed by atoms with van der Waals surface area (Å²) in [7, 11) is 0. The van der Waals surface area contributed by atoms with Crippen molar-refractivity contribution >= 4 is 5.95 Å². The summed E-state index contributed by atoms with van der Waals surface area (Å²) < 4.78 is 5.70. The SMILES string of the molecule is CCN(CC1CCCO1)c1ncc(CNCC(C)C)cn1. The van der Waals surface area contributed by atoms with Gasteiger partial charge in [-0.15, -0.1) is 0 Å². The average Bonchev–Trinajstić information content (AvgIpc) is 2.98. The summed E-state index contributed by atoms with van der Waals surface area (Å²) >= 11 is 0. The molecule has 2 heterocycles. The van der Waals surface area contributed by atoms with Crippen LogP contribution in [0.15, 0.2) is 12.4 Å². The fraction of sp³-hybridized carbons (Fsp3) is 0.750. The first kappa shape index (κ1) is 16.2. The number of hydrogen-bond donors (Lipinski definition) is 1. The number of anilines is 1. The smallest absolute Gasteiger partial charge is 0.225 e. The number of likely N-dealkylation sites (N-methyl/N-ethyl adjacent to an activating group) is 1. The second kappa shape index (κ2) is 8.29. The first-order valence-corrected chi connectivity index (χ1v) is 8.07. The minimum atomic E-state index is 0.334. The Balaban J connectivity index is 1.86. The normalized spacial score (nSPS) is 18.4. The Morgan fingerprint density at radius 3 is 2.71 bits per heavy atom. The van der Waals surface area contributed by atoms with Crippen LogP contribution in [-0.4, -0.2) is 42.3 Å². The van der Waals surface area contributed by atoms with Crippen molar-refractivity contribution < 1.29 is 4.74 Å². The summed E-state index contributed by atoms with van der Waals surface area (Å²) in [5, 5.41) is 3.41. The van der Waals surface area contributed by atoms with Gasteiger partial charge in [0.05, 0.1) is 6.10 Å². The summed E-state index contributed by atoms with van der Waals surface area (Å²) in [5.41, 5.74) is 1.13. The number of nitrogens with one attached hydrogen (secondary N) is 1.